The number of nitrogen functional groups attached to an aromatic ring is 1. The van der Waals surface area contributed by atoms with Crippen LogP contribution < -0.4 is 10.6 Å². The fourth-order valence-electron chi connectivity index (χ4n) is 2.91. The summed E-state index contributed by atoms with van der Waals surface area (Å²) in [5, 5.41) is 0. The third-order valence-corrected chi connectivity index (χ3v) is 4.58. The highest BCUT2D eigenvalue weighted by atomic mass is 32.1. The number of rotatable bonds is 7. The van der Waals surface area contributed by atoms with Gasteiger partial charge in [0.15, 0.2) is 0 Å². The Morgan fingerprint density at radius 3 is 2.64 bits per heavy atom. The number of hydrogen-bond donors (Lipinski definition) is 2. The molecule has 1 aliphatic rings. The van der Waals surface area contributed by atoms with E-state index in [1.54, 1.807) is 0 Å². The molecule has 22 heavy (non-hydrogen) atoms. The molecule has 0 bridgehead atoms. The van der Waals surface area contributed by atoms with Gasteiger partial charge >= 0.3 is 0 Å². The van der Waals surface area contributed by atoms with E-state index in [0.29, 0.717) is 5.75 Å². The number of thiol groups is 1. The van der Waals surface area contributed by atoms with Gasteiger partial charge in [0.1, 0.15) is 0 Å². The molecule has 1 aromatic carbocycles. The molecule has 2 rings (SSSR count). The van der Waals surface area contributed by atoms with Gasteiger partial charge in [-0.1, -0.05) is 12.5 Å². The Hall–Kier alpha value is -0.910. The van der Waals surface area contributed by atoms with Gasteiger partial charge in [0.25, 0.3) is 0 Å². The van der Waals surface area contributed by atoms with Crippen LogP contribution in [0.15, 0.2) is 18.2 Å². The van der Waals surface area contributed by atoms with Crippen molar-refractivity contribution < 1.29 is 4.74 Å². The van der Waals surface area contributed by atoms with E-state index in [0.717, 1.165) is 30.1 Å². The molecule has 0 aromatic heterocycles. The van der Waals surface area contributed by atoms with E-state index in [-0.39, 0.29) is 6.10 Å². The molecular formula is C17H29N3OS. The van der Waals surface area contributed by atoms with Gasteiger partial charge in [0.05, 0.1) is 24.1 Å². The third kappa shape index (κ3) is 4.80. The summed E-state index contributed by atoms with van der Waals surface area (Å²) in [6.07, 6.45) is 4.03. The van der Waals surface area contributed by atoms with E-state index in [2.05, 4.69) is 23.6 Å². The second kappa shape index (κ2) is 8.65. The number of nitrogens with two attached hydrogens (primary N) is 1. The Morgan fingerprint density at radius 1 is 1.27 bits per heavy atom. The number of piperidine rings is 1. The van der Waals surface area contributed by atoms with Crippen molar-refractivity contribution >= 4 is 24.0 Å². The lowest BCUT2D eigenvalue weighted by atomic mass is 10.1. The van der Waals surface area contributed by atoms with Crippen LogP contribution in [0.4, 0.5) is 11.4 Å². The molecule has 0 radical (unpaired) electrons. The molecule has 0 spiro atoms. The Labute approximate surface area is 140 Å². The van der Waals surface area contributed by atoms with Crippen LogP contribution in [0.2, 0.25) is 0 Å². The molecular weight excluding hydrogens is 294 g/mol. The summed E-state index contributed by atoms with van der Waals surface area (Å²) >= 11 is 4.46. The minimum absolute atomic E-state index is 0.0208. The first-order chi connectivity index (χ1) is 10.6. The average Bonchev–Trinajstić information content (AvgIpc) is 2.53. The third-order valence-electron chi connectivity index (χ3n) is 4.25. The standard InChI is InChI=1S/C17H29N3OS/c1-19(2)16-12-14(6-7-15(16)18)17(13-22)21-11-10-20-8-4-3-5-9-20/h6-7,12,17,22H,3-5,8-11,13,18H2,1-2H3. The minimum atomic E-state index is 0.0208. The first-order valence-corrected chi connectivity index (χ1v) is 8.76. The zero-order valence-corrected chi connectivity index (χ0v) is 14.7. The summed E-state index contributed by atoms with van der Waals surface area (Å²) in [7, 11) is 4.00. The second-order valence-electron chi connectivity index (χ2n) is 6.16. The SMILES string of the molecule is CN(C)c1cc(C(CS)OCCN2CCCCC2)ccc1N. The number of nitrogens with zero attached hydrogens (tertiary/aromatic N) is 2. The molecule has 1 saturated heterocycles. The number of likely N-dealkylation sites (tertiary alicyclic amines) is 1. The Balaban J connectivity index is 1.91. The normalized spacial score (nSPS) is 17.4. The maximum atomic E-state index is 6.08. The molecule has 4 nitrogen and oxygen atoms in total. The topological polar surface area (TPSA) is 41.7 Å². The van der Waals surface area contributed by atoms with E-state index in [1.165, 1.54) is 32.4 Å². The van der Waals surface area contributed by atoms with Crippen molar-refractivity contribution in [3.05, 3.63) is 23.8 Å². The molecule has 1 unspecified atom stereocenters. The minimum Gasteiger partial charge on any atom is -0.397 e. The predicted octanol–water partition coefficient (Wildman–Crippen LogP) is 2.81. The number of anilines is 2. The van der Waals surface area contributed by atoms with Crippen LogP contribution in [0.5, 0.6) is 0 Å². The van der Waals surface area contributed by atoms with Gasteiger partial charge in [-0.2, -0.15) is 12.6 Å². The Morgan fingerprint density at radius 2 is 2.00 bits per heavy atom. The molecule has 0 amide bonds. The van der Waals surface area contributed by atoms with E-state index in [9.17, 15) is 0 Å². The van der Waals surface area contributed by atoms with Gasteiger partial charge in [-0.3, -0.25) is 0 Å². The van der Waals surface area contributed by atoms with E-state index in [4.69, 9.17) is 10.5 Å². The van der Waals surface area contributed by atoms with Gasteiger partial charge in [-0.15, -0.1) is 0 Å². The molecule has 1 heterocycles. The Bertz CT molecular complexity index is 461. The van der Waals surface area contributed by atoms with E-state index < -0.39 is 0 Å². The van der Waals surface area contributed by atoms with Crippen molar-refractivity contribution in [1.82, 2.24) is 4.90 Å². The van der Waals surface area contributed by atoms with Crippen molar-refractivity contribution in [1.29, 1.82) is 0 Å². The molecule has 2 N–H and O–H groups in total. The van der Waals surface area contributed by atoms with Crippen LogP contribution in [0.25, 0.3) is 0 Å². The summed E-state index contributed by atoms with van der Waals surface area (Å²) < 4.78 is 6.08. The van der Waals surface area contributed by atoms with Gasteiger partial charge in [0, 0.05) is 26.4 Å². The molecule has 1 aliphatic heterocycles. The van der Waals surface area contributed by atoms with Crippen LogP contribution in [0, 0.1) is 0 Å². The summed E-state index contributed by atoms with van der Waals surface area (Å²) in [5.74, 6) is 0.677. The highest BCUT2D eigenvalue weighted by molar-refractivity contribution is 7.80. The van der Waals surface area contributed by atoms with Gasteiger partial charge in [0.2, 0.25) is 0 Å². The van der Waals surface area contributed by atoms with Gasteiger partial charge in [-0.25, -0.2) is 0 Å². The fraction of sp³-hybridized carbons (Fsp3) is 0.647. The Kier molecular flexibility index (Phi) is 6.86. The van der Waals surface area contributed by atoms with Crippen molar-refractivity contribution in [3.63, 3.8) is 0 Å². The second-order valence-corrected chi connectivity index (χ2v) is 6.52. The smallest absolute Gasteiger partial charge is 0.0914 e. The molecule has 0 saturated carbocycles. The summed E-state index contributed by atoms with van der Waals surface area (Å²) in [5.41, 5.74) is 8.99. The lowest BCUT2D eigenvalue weighted by molar-refractivity contribution is 0.0471. The molecule has 1 aromatic rings. The molecule has 0 aliphatic carbocycles. The first kappa shape index (κ1) is 17.4. The van der Waals surface area contributed by atoms with E-state index in [1.807, 2.05) is 31.1 Å². The van der Waals surface area contributed by atoms with Crippen molar-refractivity contribution in [2.75, 3.05) is 56.7 Å². The van der Waals surface area contributed by atoms with Crippen LogP contribution in [0.1, 0.15) is 30.9 Å². The van der Waals surface area contributed by atoms with Crippen LogP contribution >= 0.6 is 12.6 Å². The van der Waals surface area contributed by atoms with Crippen molar-refractivity contribution in [3.8, 4) is 0 Å². The summed E-state index contributed by atoms with van der Waals surface area (Å²) in [6, 6.07) is 6.11. The van der Waals surface area contributed by atoms with Gasteiger partial charge in [-0.05, 0) is 43.6 Å². The molecule has 124 valence electrons. The van der Waals surface area contributed by atoms with Crippen LogP contribution in [0.3, 0.4) is 0 Å². The molecule has 5 heteroatoms. The molecule has 1 fully saturated rings. The lowest BCUT2D eigenvalue weighted by Gasteiger charge is -2.27. The monoisotopic (exact) mass is 323 g/mol. The fourth-order valence-corrected chi connectivity index (χ4v) is 3.23. The molecule has 1 atom stereocenters. The zero-order chi connectivity index (χ0) is 15.9. The quantitative estimate of drug-likeness (QED) is 0.598. The summed E-state index contributed by atoms with van der Waals surface area (Å²) in [6.45, 7) is 4.19. The lowest BCUT2D eigenvalue weighted by Crippen LogP contribution is -2.33. The van der Waals surface area contributed by atoms with Crippen molar-refractivity contribution in [2.45, 2.75) is 25.4 Å². The number of ether oxygens (including phenoxy) is 1. The largest absolute Gasteiger partial charge is 0.397 e. The van der Waals surface area contributed by atoms with E-state index >= 15 is 0 Å². The highest BCUT2D eigenvalue weighted by Gasteiger charge is 2.15. The van der Waals surface area contributed by atoms with Crippen molar-refractivity contribution in [2.24, 2.45) is 0 Å². The number of benzene rings is 1. The predicted molar refractivity (Wildman–Crippen MR) is 98.0 cm³/mol. The zero-order valence-electron chi connectivity index (χ0n) is 13.8. The van der Waals surface area contributed by atoms with Crippen LogP contribution in [-0.2, 0) is 4.74 Å². The van der Waals surface area contributed by atoms with Crippen LogP contribution in [-0.4, -0.2) is 51.0 Å². The first-order valence-electron chi connectivity index (χ1n) is 8.13. The maximum absolute atomic E-state index is 6.08. The highest BCUT2D eigenvalue weighted by Crippen LogP contribution is 2.28. The van der Waals surface area contributed by atoms with Gasteiger partial charge < -0.3 is 20.3 Å². The summed E-state index contributed by atoms with van der Waals surface area (Å²) in [4.78, 5) is 4.52. The average molecular weight is 324 g/mol. The number of hydrogen-bond acceptors (Lipinski definition) is 5. The maximum Gasteiger partial charge on any atom is 0.0914 e.